The summed E-state index contributed by atoms with van der Waals surface area (Å²) < 4.78 is 5.98. The number of furan rings is 1. The highest BCUT2D eigenvalue weighted by Gasteiger charge is 2.28. The first-order valence-electron chi connectivity index (χ1n) is 6.68. The van der Waals surface area contributed by atoms with Crippen molar-refractivity contribution < 1.29 is 14.0 Å². The molecule has 20 heavy (non-hydrogen) atoms. The summed E-state index contributed by atoms with van der Waals surface area (Å²) in [6.07, 6.45) is 1.62. The minimum atomic E-state index is -0.0721. The summed E-state index contributed by atoms with van der Waals surface area (Å²) in [5.74, 6) is 0.396. The van der Waals surface area contributed by atoms with Crippen LogP contribution in [0.25, 0.3) is 0 Å². The Morgan fingerprint density at radius 1 is 1.40 bits per heavy atom. The Morgan fingerprint density at radius 3 is 2.45 bits per heavy atom. The van der Waals surface area contributed by atoms with E-state index < -0.39 is 0 Å². The fourth-order valence-electron chi connectivity index (χ4n) is 2.51. The molecule has 0 aromatic carbocycles. The van der Waals surface area contributed by atoms with E-state index >= 15 is 0 Å². The molecule has 0 bridgehead atoms. The average molecular weight is 343 g/mol. The second-order valence-corrected chi connectivity index (χ2v) is 6.00. The normalized spacial score (nSPS) is 16.3. The topological polar surface area (TPSA) is 53.8 Å². The van der Waals surface area contributed by atoms with Crippen LogP contribution in [0.1, 0.15) is 35.9 Å². The number of amides is 2. The molecule has 0 aliphatic carbocycles. The van der Waals surface area contributed by atoms with Crippen molar-refractivity contribution in [2.75, 3.05) is 20.1 Å². The molecule has 1 aliphatic heterocycles. The summed E-state index contributed by atoms with van der Waals surface area (Å²) in [6, 6.07) is 2.02. The molecule has 1 aromatic heterocycles. The summed E-state index contributed by atoms with van der Waals surface area (Å²) in [6.45, 7) is 4.73. The molecule has 2 rings (SSSR count). The first kappa shape index (κ1) is 15.1. The Bertz CT molecular complexity index is 518. The molecule has 0 spiro atoms. The standard InChI is InChI=1S/C14H19BrN2O3/c1-9-8-12(15)20-13(9)14(19)17-6-4-11(5-7-17)16(3)10(2)18/h8,11H,4-7H2,1-3H3. The molecule has 1 aromatic rings. The van der Waals surface area contributed by atoms with Crippen LogP contribution in [-0.2, 0) is 4.79 Å². The van der Waals surface area contributed by atoms with Gasteiger partial charge in [-0.15, -0.1) is 0 Å². The summed E-state index contributed by atoms with van der Waals surface area (Å²) in [4.78, 5) is 27.3. The lowest BCUT2D eigenvalue weighted by atomic mass is 10.0. The van der Waals surface area contributed by atoms with E-state index in [1.807, 2.05) is 14.0 Å². The van der Waals surface area contributed by atoms with Gasteiger partial charge in [-0.2, -0.15) is 0 Å². The van der Waals surface area contributed by atoms with Crippen molar-refractivity contribution in [1.29, 1.82) is 0 Å². The van der Waals surface area contributed by atoms with Crippen LogP contribution in [0.3, 0.4) is 0 Å². The van der Waals surface area contributed by atoms with Crippen LogP contribution in [0.4, 0.5) is 0 Å². The first-order valence-corrected chi connectivity index (χ1v) is 7.48. The van der Waals surface area contributed by atoms with E-state index in [-0.39, 0.29) is 17.9 Å². The van der Waals surface area contributed by atoms with Crippen LogP contribution < -0.4 is 0 Å². The van der Waals surface area contributed by atoms with Crippen molar-refractivity contribution in [3.05, 3.63) is 22.1 Å². The van der Waals surface area contributed by atoms with Gasteiger partial charge in [-0.25, -0.2) is 0 Å². The third-order valence-corrected chi connectivity index (χ3v) is 4.27. The number of likely N-dealkylation sites (tertiary alicyclic amines) is 1. The fraction of sp³-hybridized carbons (Fsp3) is 0.571. The molecular formula is C14H19BrN2O3. The van der Waals surface area contributed by atoms with Gasteiger partial charge in [0.1, 0.15) is 0 Å². The highest BCUT2D eigenvalue weighted by molar-refractivity contribution is 9.10. The molecule has 1 saturated heterocycles. The van der Waals surface area contributed by atoms with E-state index in [4.69, 9.17) is 4.42 Å². The Kier molecular flexibility index (Phi) is 4.52. The van der Waals surface area contributed by atoms with Gasteiger partial charge in [0, 0.05) is 38.7 Å². The molecule has 0 saturated carbocycles. The highest BCUT2D eigenvalue weighted by atomic mass is 79.9. The second kappa shape index (κ2) is 5.99. The van der Waals surface area contributed by atoms with Crippen LogP contribution in [0.15, 0.2) is 15.2 Å². The second-order valence-electron chi connectivity index (χ2n) is 5.22. The predicted molar refractivity (Wildman–Crippen MR) is 78.5 cm³/mol. The van der Waals surface area contributed by atoms with Crippen LogP contribution in [0, 0.1) is 6.92 Å². The van der Waals surface area contributed by atoms with E-state index in [0.717, 1.165) is 18.4 Å². The zero-order valence-electron chi connectivity index (χ0n) is 12.0. The van der Waals surface area contributed by atoms with Crippen LogP contribution in [0.5, 0.6) is 0 Å². The molecule has 0 unspecified atom stereocenters. The molecule has 2 heterocycles. The van der Waals surface area contributed by atoms with Crippen LogP contribution in [-0.4, -0.2) is 47.8 Å². The van der Waals surface area contributed by atoms with Crippen molar-refractivity contribution in [2.45, 2.75) is 32.7 Å². The molecule has 0 radical (unpaired) electrons. The molecule has 110 valence electrons. The van der Waals surface area contributed by atoms with Gasteiger partial charge in [0.05, 0.1) is 0 Å². The van der Waals surface area contributed by atoms with Crippen molar-refractivity contribution in [3.63, 3.8) is 0 Å². The van der Waals surface area contributed by atoms with Gasteiger partial charge < -0.3 is 14.2 Å². The smallest absolute Gasteiger partial charge is 0.289 e. The van der Waals surface area contributed by atoms with Gasteiger partial charge in [-0.3, -0.25) is 9.59 Å². The summed E-state index contributed by atoms with van der Waals surface area (Å²) in [5.41, 5.74) is 0.838. The Morgan fingerprint density at radius 2 is 2.00 bits per heavy atom. The zero-order valence-corrected chi connectivity index (χ0v) is 13.6. The number of carbonyl (C=O) groups is 2. The molecule has 5 nitrogen and oxygen atoms in total. The number of hydrogen-bond acceptors (Lipinski definition) is 3. The minimum absolute atomic E-state index is 0.0700. The quantitative estimate of drug-likeness (QED) is 0.829. The van der Waals surface area contributed by atoms with Crippen molar-refractivity contribution in [1.82, 2.24) is 9.80 Å². The maximum absolute atomic E-state index is 12.4. The van der Waals surface area contributed by atoms with E-state index in [9.17, 15) is 9.59 Å². The number of aryl methyl sites for hydroxylation is 1. The van der Waals surface area contributed by atoms with E-state index in [0.29, 0.717) is 23.5 Å². The van der Waals surface area contributed by atoms with E-state index in [1.165, 1.54) is 0 Å². The lowest BCUT2D eigenvalue weighted by Crippen LogP contribution is -2.46. The fourth-order valence-corrected chi connectivity index (χ4v) is 3.02. The van der Waals surface area contributed by atoms with E-state index in [1.54, 1.807) is 22.8 Å². The molecule has 2 amide bonds. The predicted octanol–water partition coefficient (Wildman–Crippen LogP) is 2.43. The molecule has 1 fully saturated rings. The average Bonchev–Trinajstić information content (AvgIpc) is 2.76. The number of piperidine rings is 1. The molecule has 6 heteroatoms. The molecule has 1 aliphatic rings. The lowest BCUT2D eigenvalue weighted by molar-refractivity contribution is -0.130. The number of nitrogens with zero attached hydrogens (tertiary/aromatic N) is 2. The monoisotopic (exact) mass is 342 g/mol. The van der Waals surface area contributed by atoms with Crippen molar-refractivity contribution in [3.8, 4) is 0 Å². The zero-order chi connectivity index (χ0) is 14.9. The minimum Gasteiger partial charge on any atom is -0.444 e. The van der Waals surface area contributed by atoms with Crippen LogP contribution >= 0.6 is 15.9 Å². The molecular weight excluding hydrogens is 324 g/mol. The SMILES string of the molecule is CC(=O)N(C)C1CCN(C(=O)c2oc(Br)cc2C)CC1. The number of carbonyl (C=O) groups excluding carboxylic acids is 2. The maximum Gasteiger partial charge on any atom is 0.289 e. The van der Waals surface area contributed by atoms with E-state index in [2.05, 4.69) is 15.9 Å². The number of rotatable bonds is 2. The van der Waals surface area contributed by atoms with Gasteiger partial charge in [0.25, 0.3) is 5.91 Å². The van der Waals surface area contributed by atoms with Gasteiger partial charge >= 0.3 is 0 Å². The van der Waals surface area contributed by atoms with Gasteiger partial charge in [-0.1, -0.05) is 0 Å². The summed E-state index contributed by atoms with van der Waals surface area (Å²) >= 11 is 3.24. The lowest BCUT2D eigenvalue weighted by Gasteiger charge is -2.36. The summed E-state index contributed by atoms with van der Waals surface area (Å²) in [5, 5.41) is 0. The third kappa shape index (κ3) is 3.06. The molecule has 0 atom stereocenters. The van der Waals surface area contributed by atoms with Gasteiger partial charge in [0.2, 0.25) is 5.91 Å². The van der Waals surface area contributed by atoms with Crippen molar-refractivity contribution in [2.24, 2.45) is 0 Å². The number of hydrogen-bond donors (Lipinski definition) is 0. The number of halogens is 1. The Hall–Kier alpha value is -1.30. The maximum atomic E-state index is 12.4. The van der Waals surface area contributed by atoms with Gasteiger partial charge in [0.15, 0.2) is 10.4 Å². The molecule has 0 N–H and O–H groups in total. The van der Waals surface area contributed by atoms with Gasteiger partial charge in [-0.05, 0) is 41.8 Å². The van der Waals surface area contributed by atoms with Crippen LogP contribution in [0.2, 0.25) is 0 Å². The first-order chi connectivity index (χ1) is 9.40. The largest absolute Gasteiger partial charge is 0.444 e. The Balaban J connectivity index is 1.99. The highest BCUT2D eigenvalue weighted by Crippen LogP contribution is 2.23. The summed E-state index contributed by atoms with van der Waals surface area (Å²) in [7, 11) is 1.82. The van der Waals surface area contributed by atoms with Crippen molar-refractivity contribution >= 4 is 27.7 Å². The third-order valence-electron chi connectivity index (χ3n) is 3.88. The Labute approximate surface area is 127 Å².